The number of alkyl halides is 3. The molecule has 7 aliphatic rings. The molecule has 32 nitrogen and oxygen atoms in total. The minimum atomic E-state index is -2.66. The average molecular weight is 2170 g/mol. The van der Waals surface area contributed by atoms with Crippen LogP contribution in [0.3, 0.4) is 0 Å². The van der Waals surface area contributed by atoms with Crippen LogP contribution < -0.4 is 0 Å². The quantitative estimate of drug-likeness (QED) is 0.0148. The lowest BCUT2D eigenvalue weighted by atomic mass is 9.93. The first-order chi connectivity index (χ1) is 72.0. The monoisotopic (exact) mass is 2160 g/mol. The fraction of sp³-hybridized carbons (Fsp3) is 0.545. The molecule has 812 valence electrons. The molecule has 8 aromatic carbocycles. The van der Waals surface area contributed by atoms with Crippen LogP contribution in [0.15, 0.2) is 243 Å². The van der Waals surface area contributed by atoms with E-state index in [1.807, 2.05) is 250 Å². The number of fused-ring (bicyclic) bond motifs is 2. The number of hydrogen-bond acceptors (Lipinski definition) is 33. The average Bonchev–Trinajstić information content (AvgIpc) is 0.727. The Balaban J connectivity index is 0.849. The van der Waals surface area contributed by atoms with E-state index in [1.165, 1.54) is 40.2 Å². The highest BCUT2D eigenvalue weighted by Crippen LogP contribution is 2.51. The lowest BCUT2D eigenvalue weighted by Crippen LogP contribution is -2.74. The number of methoxy groups -OCH3 is 4. The molecule has 7 aliphatic heterocycles. The van der Waals surface area contributed by atoms with Crippen molar-refractivity contribution in [3.8, 4) is 0 Å². The maximum absolute atomic E-state index is 14.6. The molecule has 7 heterocycles. The fourth-order valence-electron chi connectivity index (χ4n) is 18.7. The summed E-state index contributed by atoms with van der Waals surface area (Å²) in [7, 11) is 3.03. The second-order valence-electron chi connectivity index (χ2n) is 39.4. The third kappa shape index (κ3) is 29.5. The first kappa shape index (κ1) is 116. The SMILES string of the molecule is CCS[C@H]1O[C@H](CO[C@H]2O[C@H](COC(=O)CCl)[C@H]3O[C@](C)(OC)[C@@](C)(OC)O[C@@H]3[C@@H]2O[C@H]2O[C@H](CO[Si](C)(C)C(C)(C)C)[C@@H](OCc3ccccc3)[C@H](OCc3ccccc3)[C@@H]2OCc2ccccc2)[C@@H](OCc2ccccc2)[C@H](O[C@H]2O[C@H](CO[C@H]3O[C@H](COCc4ccccc4)[C@H](OCc4ccccc4)[C@H](OCc4ccccc4)[C@H]3OCc3ccccc3)[C@H](OC(=O)CCl)[C@@H]3O[C@@](C)(OC)[C@](C)(OC)O[C@@H]23)[C@@H]1OC(=O)CCl. The smallest absolute Gasteiger partial charge is 0.321 e. The van der Waals surface area contributed by atoms with Gasteiger partial charge in [0.2, 0.25) is 23.1 Å². The van der Waals surface area contributed by atoms with Gasteiger partial charge in [-0.3, -0.25) is 14.4 Å². The Kier molecular flexibility index (Phi) is 42.5. The van der Waals surface area contributed by atoms with Gasteiger partial charge in [0.1, 0.15) is 140 Å². The Morgan fingerprint density at radius 2 is 0.617 bits per heavy atom. The lowest BCUT2D eigenvalue weighted by Gasteiger charge is -2.58. The molecule has 0 saturated carbocycles. The molecule has 0 aliphatic carbocycles. The van der Waals surface area contributed by atoms with E-state index < -0.39 is 240 Å². The molecule has 0 spiro atoms. The summed E-state index contributed by atoms with van der Waals surface area (Å²) in [4.78, 5) is 42.7. The van der Waals surface area contributed by atoms with Gasteiger partial charge in [-0.2, -0.15) is 0 Å². The van der Waals surface area contributed by atoms with Crippen molar-refractivity contribution in [1.82, 2.24) is 0 Å². The number of carbonyl (C=O) groups excluding carboxylic acids is 3. The van der Waals surface area contributed by atoms with Crippen molar-refractivity contribution in [1.29, 1.82) is 0 Å². The van der Waals surface area contributed by atoms with Crippen LogP contribution >= 0.6 is 46.6 Å². The van der Waals surface area contributed by atoms with Gasteiger partial charge < -0.3 is 137 Å². The van der Waals surface area contributed by atoms with Crippen LogP contribution in [0.5, 0.6) is 0 Å². The van der Waals surface area contributed by atoms with E-state index in [2.05, 4.69) is 33.9 Å². The van der Waals surface area contributed by atoms with E-state index in [1.54, 1.807) is 27.7 Å². The van der Waals surface area contributed by atoms with Crippen LogP contribution in [0.4, 0.5) is 0 Å². The van der Waals surface area contributed by atoms with Gasteiger partial charge in [0.15, 0.2) is 45.7 Å². The topological polar surface area (TPSA) is 319 Å². The highest BCUT2D eigenvalue weighted by atomic mass is 35.5. The summed E-state index contributed by atoms with van der Waals surface area (Å²) in [6.45, 7) is 18.0. The van der Waals surface area contributed by atoms with Crippen molar-refractivity contribution in [2.24, 2.45) is 0 Å². The first-order valence-electron chi connectivity index (χ1n) is 50.4. The minimum absolute atomic E-state index is 0.00361. The van der Waals surface area contributed by atoms with Gasteiger partial charge in [0, 0.05) is 28.4 Å². The van der Waals surface area contributed by atoms with Gasteiger partial charge in [0.25, 0.3) is 0 Å². The van der Waals surface area contributed by atoms with E-state index in [0.29, 0.717) is 11.3 Å². The van der Waals surface area contributed by atoms with Crippen molar-refractivity contribution in [3.05, 3.63) is 287 Å². The molecule has 37 heteroatoms. The van der Waals surface area contributed by atoms with Crippen LogP contribution in [0.2, 0.25) is 18.1 Å². The maximum atomic E-state index is 14.6. The molecule has 15 rings (SSSR count). The first-order valence-corrected chi connectivity index (χ1v) is 56.0. The molecule has 0 N–H and O–H groups in total. The number of ether oxygens (including phenoxy) is 28. The summed E-state index contributed by atoms with van der Waals surface area (Å²) < 4.78 is 205. The van der Waals surface area contributed by atoms with Gasteiger partial charge in [0.05, 0.1) is 79.3 Å². The predicted octanol–water partition coefficient (Wildman–Crippen LogP) is 16.6. The van der Waals surface area contributed by atoms with Crippen LogP contribution in [-0.2, 0) is 204 Å². The third-order valence-electron chi connectivity index (χ3n) is 28.4. The summed E-state index contributed by atoms with van der Waals surface area (Å²) in [6.07, 6.45) is -32.0. The van der Waals surface area contributed by atoms with Crippen LogP contribution in [0, 0.1) is 0 Å². The number of carbonyl (C=O) groups is 3. The standard InChI is InChI=1S/C112H141Cl3O32SSi/c1-15-148-107-102(141-87(118)58-115)95(142-106-101-96(145-111(7,121-11)112(8,122-12)147-101)91(140-86(117)57-114)82(137-106)70-132-103-98(130-65-78-52-36-22-37-53-78)93(128-63-76-48-32-20-33-49-76)88(125-60-73-42-26-17-27-43-73)80(135-103)67-123-59-72-40-24-16-25-41-72)90(127-62-75-46-30-19-31-47-75)81(139-107)69-133-104-100(97-92(83(136-104)68-124-85(116)56-113)144-109(5,119-9)110(6,120-10)146-97)143-105-99(131-66-79-54-38-23-39-55-79)94(129-64-77-50-34-21-35-51-77)89(126-61-74-44-28-18-29-45-74)84(138-105)71-134-149(13,14)108(2,3)4/h16-55,80-84,88-107H,15,56-71H2,1-14H3/t80-,81-,82-,83-,84-,88+,89-,90-,91+,92-,93+,94+,95+,96+,97+,98-,99+,100+,101-,102+,103+,104+,105-,106-,107-,109+,110+,111-,112-/m1/s1. The second-order valence-corrected chi connectivity index (χ2v) is 46.3. The summed E-state index contributed by atoms with van der Waals surface area (Å²) >= 11 is 20.6. The Labute approximate surface area is 892 Å². The molecular formula is C112H141Cl3O32SSi. The molecule has 7 saturated heterocycles. The zero-order valence-electron chi connectivity index (χ0n) is 86.7. The van der Waals surface area contributed by atoms with Crippen molar-refractivity contribution in [3.63, 3.8) is 0 Å². The fourth-order valence-corrected chi connectivity index (χ4v) is 20.9. The highest BCUT2D eigenvalue weighted by Gasteiger charge is 2.68. The van der Waals surface area contributed by atoms with E-state index in [9.17, 15) is 14.4 Å². The molecule has 0 radical (unpaired) electrons. The predicted molar refractivity (Wildman–Crippen MR) is 551 cm³/mol. The Hall–Kier alpha value is -7.43. The van der Waals surface area contributed by atoms with Crippen molar-refractivity contribution in [2.45, 2.75) is 302 Å². The van der Waals surface area contributed by atoms with E-state index in [-0.39, 0.29) is 71.1 Å². The van der Waals surface area contributed by atoms with Gasteiger partial charge >= 0.3 is 17.9 Å². The van der Waals surface area contributed by atoms with E-state index in [4.69, 9.17) is 172 Å². The molecule has 8 aromatic rings. The van der Waals surface area contributed by atoms with E-state index >= 15 is 0 Å². The molecule has 0 aromatic heterocycles. The summed E-state index contributed by atoms with van der Waals surface area (Å²) in [6, 6.07) is 77.2. The Morgan fingerprint density at radius 3 is 1.01 bits per heavy atom. The molecular weight excluding hydrogens is 2020 g/mol. The number of thioether (sulfide) groups is 1. The highest BCUT2D eigenvalue weighted by molar-refractivity contribution is 7.99. The third-order valence-corrected chi connectivity index (χ3v) is 34.6. The van der Waals surface area contributed by atoms with Crippen molar-refractivity contribution < 1.29 is 151 Å². The number of esters is 3. The molecule has 149 heavy (non-hydrogen) atoms. The van der Waals surface area contributed by atoms with Crippen LogP contribution in [0.1, 0.15) is 99.9 Å². The number of hydrogen-bond donors (Lipinski definition) is 0. The second kappa shape index (κ2) is 54.8. The Morgan fingerprint density at radius 1 is 0.315 bits per heavy atom. The summed E-state index contributed by atoms with van der Waals surface area (Å²) in [5.41, 5.74) is 5.42. The largest absolute Gasteiger partial charge is 0.462 e. The maximum Gasteiger partial charge on any atom is 0.321 e. The molecule has 0 unspecified atom stereocenters. The number of rotatable bonds is 51. The van der Waals surface area contributed by atoms with Gasteiger partial charge in [-0.1, -0.05) is 270 Å². The van der Waals surface area contributed by atoms with Crippen molar-refractivity contribution >= 4 is 72.8 Å². The van der Waals surface area contributed by atoms with Crippen LogP contribution in [0.25, 0.3) is 0 Å². The zero-order chi connectivity index (χ0) is 105. The van der Waals surface area contributed by atoms with Crippen molar-refractivity contribution in [2.75, 3.05) is 84.9 Å². The molecule has 29 atom stereocenters. The van der Waals surface area contributed by atoms with Gasteiger partial charge in [-0.15, -0.1) is 46.6 Å². The minimum Gasteiger partial charge on any atom is -0.462 e. The molecule has 7 fully saturated rings. The van der Waals surface area contributed by atoms with Gasteiger partial charge in [-0.25, -0.2) is 0 Å². The summed E-state index contributed by atoms with van der Waals surface area (Å²) in [5, 5.41) is -0.282. The molecule has 0 amide bonds. The van der Waals surface area contributed by atoms with Crippen LogP contribution in [-0.4, -0.2) is 287 Å². The number of benzene rings is 8. The summed E-state index contributed by atoms with van der Waals surface area (Å²) in [5.74, 6) is -11.3. The normalized spacial score (nSPS) is 32.2. The zero-order valence-corrected chi connectivity index (χ0v) is 90.7. The van der Waals surface area contributed by atoms with Gasteiger partial charge in [-0.05, 0) is 96.1 Å². The Bertz CT molecular complexity index is 5340. The lowest BCUT2D eigenvalue weighted by molar-refractivity contribution is -0.489. The number of halogens is 3. The molecule has 0 bridgehead atoms. The van der Waals surface area contributed by atoms with E-state index in [0.717, 1.165) is 38.9 Å².